The van der Waals surface area contributed by atoms with Crippen molar-refractivity contribution in [1.29, 1.82) is 0 Å². The van der Waals surface area contributed by atoms with E-state index in [1.807, 2.05) is 0 Å². The van der Waals surface area contributed by atoms with Crippen LogP contribution in [0.2, 0.25) is 0 Å². The maximum atomic E-state index is 13.7. The number of aryl methyl sites for hydroxylation is 1. The summed E-state index contributed by atoms with van der Waals surface area (Å²) in [6.45, 7) is 1.47. The van der Waals surface area contributed by atoms with Crippen LogP contribution in [0.15, 0.2) is 29.3 Å². The maximum absolute atomic E-state index is 13.7. The van der Waals surface area contributed by atoms with Crippen LogP contribution in [0.25, 0.3) is 10.9 Å². The van der Waals surface area contributed by atoms with Gasteiger partial charge in [0.25, 0.3) is 9.05 Å². The fraction of sp³-hybridized carbons (Fsp3) is 0.100. The SMILES string of the molecule is Cc1cc(S(=O)(=O)Cl)c2cccnc2c1F. The Morgan fingerprint density at radius 3 is 2.75 bits per heavy atom. The van der Waals surface area contributed by atoms with Crippen molar-refractivity contribution in [2.75, 3.05) is 0 Å². The van der Waals surface area contributed by atoms with E-state index in [1.54, 1.807) is 0 Å². The molecule has 0 fully saturated rings. The maximum Gasteiger partial charge on any atom is 0.261 e. The van der Waals surface area contributed by atoms with Crippen molar-refractivity contribution < 1.29 is 12.8 Å². The zero-order valence-corrected chi connectivity index (χ0v) is 9.81. The van der Waals surface area contributed by atoms with E-state index in [4.69, 9.17) is 10.7 Å². The topological polar surface area (TPSA) is 47.0 Å². The van der Waals surface area contributed by atoms with Crippen LogP contribution in [0.5, 0.6) is 0 Å². The van der Waals surface area contributed by atoms with Gasteiger partial charge < -0.3 is 0 Å². The van der Waals surface area contributed by atoms with Gasteiger partial charge in [-0.15, -0.1) is 0 Å². The van der Waals surface area contributed by atoms with Crippen molar-refractivity contribution in [3.63, 3.8) is 0 Å². The number of hydrogen-bond donors (Lipinski definition) is 0. The highest BCUT2D eigenvalue weighted by Crippen LogP contribution is 2.28. The Balaban J connectivity index is 3.02. The van der Waals surface area contributed by atoms with Gasteiger partial charge in [-0.1, -0.05) is 0 Å². The zero-order chi connectivity index (χ0) is 11.9. The first kappa shape index (κ1) is 11.3. The summed E-state index contributed by atoms with van der Waals surface area (Å²) in [5, 5.41) is 0.195. The molecule has 0 aliphatic carbocycles. The summed E-state index contributed by atoms with van der Waals surface area (Å²) in [6, 6.07) is 4.21. The average molecular weight is 260 g/mol. The lowest BCUT2D eigenvalue weighted by Crippen LogP contribution is -1.97. The number of pyridine rings is 1. The van der Waals surface area contributed by atoms with Crippen molar-refractivity contribution in [2.24, 2.45) is 0 Å². The standard InChI is InChI=1S/C10H7ClFNO2S/c1-6-5-8(16(11,14)15)7-3-2-4-13-10(7)9(6)12/h2-5H,1H3. The number of hydrogen-bond acceptors (Lipinski definition) is 3. The Bertz CT molecular complexity index is 670. The molecule has 84 valence electrons. The van der Waals surface area contributed by atoms with Gasteiger partial charge >= 0.3 is 0 Å². The molecule has 0 spiro atoms. The Morgan fingerprint density at radius 1 is 1.44 bits per heavy atom. The predicted octanol–water partition coefficient (Wildman–Crippen LogP) is 2.61. The Kier molecular flexibility index (Phi) is 2.59. The summed E-state index contributed by atoms with van der Waals surface area (Å²) in [5.74, 6) is -0.528. The highest BCUT2D eigenvalue weighted by molar-refractivity contribution is 8.14. The molecule has 0 unspecified atom stereocenters. The quantitative estimate of drug-likeness (QED) is 0.740. The Labute approximate surface area is 96.3 Å². The van der Waals surface area contributed by atoms with Crippen LogP contribution < -0.4 is 0 Å². The Hall–Kier alpha value is -1.20. The van der Waals surface area contributed by atoms with Crippen molar-refractivity contribution >= 4 is 30.6 Å². The third-order valence-corrected chi connectivity index (χ3v) is 3.60. The summed E-state index contributed by atoms with van der Waals surface area (Å²) in [6.07, 6.45) is 1.40. The first-order valence-corrected chi connectivity index (χ1v) is 6.70. The van der Waals surface area contributed by atoms with Gasteiger partial charge in [-0.3, -0.25) is 4.98 Å². The minimum absolute atomic E-state index is 0.0155. The van der Waals surface area contributed by atoms with Gasteiger partial charge in [0.1, 0.15) is 5.52 Å². The van der Waals surface area contributed by atoms with Gasteiger partial charge in [0, 0.05) is 22.3 Å². The molecule has 0 N–H and O–H groups in total. The van der Waals surface area contributed by atoms with E-state index < -0.39 is 14.9 Å². The molecule has 0 aliphatic rings. The van der Waals surface area contributed by atoms with E-state index in [0.29, 0.717) is 0 Å². The van der Waals surface area contributed by atoms with Gasteiger partial charge in [-0.25, -0.2) is 12.8 Å². The van der Waals surface area contributed by atoms with E-state index in [2.05, 4.69) is 4.98 Å². The first-order valence-electron chi connectivity index (χ1n) is 4.40. The van der Waals surface area contributed by atoms with Crippen LogP contribution in [-0.2, 0) is 9.05 Å². The molecule has 0 radical (unpaired) electrons. The van der Waals surface area contributed by atoms with E-state index in [1.165, 1.54) is 31.3 Å². The molecule has 0 saturated heterocycles. The van der Waals surface area contributed by atoms with Gasteiger partial charge in [0.05, 0.1) is 4.90 Å². The van der Waals surface area contributed by atoms with Gasteiger partial charge in [0.15, 0.2) is 5.82 Å². The van der Waals surface area contributed by atoms with Crippen LogP contribution >= 0.6 is 10.7 Å². The molecule has 0 atom stereocenters. The minimum atomic E-state index is -3.90. The number of fused-ring (bicyclic) bond motifs is 1. The predicted molar refractivity (Wildman–Crippen MR) is 59.5 cm³/mol. The van der Waals surface area contributed by atoms with Crippen molar-refractivity contribution in [3.05, 3.63) is 35.8 Å². The van der Waals surface area contributed by atoms with Crippen molar-refractivity contribution in [2.45, 2.75) is 11.8 Å². The molecule has 2 rings (SSSR count). The van der Waals surface area contributed by atoms with Crippen molar-refractivity contribution in [3.8, 4) is 0 Å². The summed E-state index contributed by atoms with van der Waals surface area (Å²) in [7, 11) is 1.38. The molecule has 2 aromatic rings. The molecular formula is C10H7ClFNO2S. The van der Waals surface area contributed by atoms with E-state index in [0.717, 1.165) is 0 Å². The number of aromatic nitrogens is 1. The average Bonchev–Trinajstić information content (AvgIpc) is 2.22. The highest BCUT2D eigenvalue weighted by atomic mass is 35.7. The largest absolute Gasteiger partial charge is 0.261 e. The molecule has 3 nitrogen and oxygen atoms in total. The fourth-order valence-electron chi connectivity index (χ4n) is 1.51. The molecule has 6 heteroatoms. The molecule has 1 heterocycles. The second kappa shape index (κ2) is 3.68. The molecule has 0 amide bonds. The highest BCUT2D eigenvalue weighted by Gasteiger charge is 2.18. The summed E-state index contributed by atoms with van der Waals surface area (Å²) >= 11 is 0. The molecule has 0 saturated carbocycles. The van der Waals surface area contributed by atoms with E-state index in [-0.39, 0.29) is 21.4 Å². The monoisotopic (exact) mass is 259 g/mol. The first-order chi connectivity index (χ1) is 7.41. The number of benzene rings is 1. The summed E-state index contributed by atoms with van der Waals surface area (Å²) in [4.78, 5) is 3.70. The van der Waals surface area contributed by atoms with Crippen LogP contribution in [0.1, 0.15) is 5.56 Å². The normalized spacial score (nSPS) is 11.9. The molecule has 0 bridgehead atoms. The second-order valence-corrected chi connectivity index (χ2v) is 5.88. The third-order valence-electron chi connectivity index (χ3n) is 2.24. The summed E-state index contributed by atoms with van der Waals surface area (Å²) < 4.78 is 36.3. The van der Waals surface area contributed by atoms with Crippen LogP contribution in [0.4, 0.5) is 4.39 Å². The number of halogens is 2. The Morgan fingerprint density at radius 2 is 2.12 bits per heavy atom. The zero-order valence-electron chi connectivity index (χ0n) is 8.24. The molecule has 16 heavy (non-hydrogen) atoms. The second-order valence-electron chi connectivity index (χ2n) is 3.34. The smallest absolute Gasteiger partial charge is 0.253 e. The fourth-order valence-corrected chi connectivity index (χ4v) is 2.63. The lowest BCUT2D eigenvalue weighted by molar-refractivity contribution is 0.608. The number of nitrogens with zero attached hydrogens (tertiary/aromatic N) is 1. The molecule has 1 aromatic carbocycles. The lowest BCUT2D eigenvalue weighted by atomic mass is 10.1. The van der Waals surface area contributed by atoms with Crippen LogP contribution in [-0.4, -0.2) is 13.4 Å². The van der Waals surface area contributed by atoms with Crippen molar-refractivity contribution in [1.82, 2.24) is 4.98 Å². The van der Waals surface area contributed by atoms with Gasteiger partial charge in [-0.2, -0.15) is 0 Å². The van der Waals surface area contributed by atoms with Gasteiger partial charge in [0.2, 0.25) is 0 Å². The summed E-state index contributed by atoms with van der Waals surface area (Å²) in [5.41, 5.74) is 0.215. The molecular weight excluding hydrogens is 253 g/mol. The molecule has 0 aliphatic heterocycles. The minimum Gasteiger partial charge on any atom is -0.253 e. The van der Waals surface area contributed by atoms with E-state index in [9.17, 15) is 12.8 Å². The van der Waals surface area contributed by atoms with Crippen LogP contribution in [0, 0.1) is 12.7 Å². The third kappa shape index (κ3) is 1.76. The van der Waals surface area contributed by atoms with Gasteiger partial charge in [-0.05, 0) is 30.7 Å². The van der Waals surface area contributed by atoms with Crippen LogP contribution in [0.3, 0.4) is 0 Å². The molecule has 1 aromatic heterocycles. The number of rotatable bonds is 1. The van der Waals surface area contributed by atoms with E-state index >= 15 is 0 Å². The lowest BCUT2D eigenvalue weighted by Gasteiger charge is -2.06.